The molecular formula is C13H19N3O2. The Kier molecular flexibility index (Phi) is 6.62. The quantitative estimate of drug-likeness (QED) is 0.249. The Hall–Kier alpha value is -1.77. The summed E-state index contributed by atoms with van der Waals surface area (Å²) >= 11 is 0. The summed E-state index contributed by atoms with van der Waals surface area (Å²) in [5, 5.41) is 9.57. The number of unbranched alkanes of at least 4 members (excludes halogenated alkanes) is 1. The first-order valence-corrected chi connectivity index (χ1v) is 5.89. The largest absolute Gasteiger partial charge is 0.497 e. The molecule has 1 rings (SSSR count). The summed E-state index contributed by atoms with van der Waals surface area (Å²) in [6, 6.07) is 7.79. The lowest BCUT2D eigenvalue weighted by Crippen LogP contribution is -2.26. The van der Waals surface area contributed by atoms with Crippen molar-refractivity contribution in [3.8, 4) is 11.9 Å². The highest BCUT2D eigenvalue weighted by molar-refractivity contribution is 5.26. The molecule has 5 nitrogen and oxygen atoms in total. The van der Waals surface area contributed by atoms with E-state index in [1.165, 1.54) is 0 Å². The lowest BCUT2D eigenvalue weighted by atomic mass is 10.2. The number of hydrogen-bond acceptors (Lipinski definition) is 5. The fourth-order valence-corrected chi connectivity index (χ4v) is 1.45. The standard InChI is InChI=1S/C13H19N3O2/c1-17-13-6-4-12(5-7-13)10-18-9-3-2-8-16(15)11-14/h4-7H,2-3,8-10,15H2,1H3. The summed E-state index contributed by atoms with van der Waals surface area (Å²) in [5.41, 5.74) is 1.12. The predicted octanol–water partition coefficient (Wildman–Crippen LogP) is 1.65. The lowest BCUT2D eigenvalue weighted by Gasteiger charge is -2.08. The molecule has 0 aliphatic carbocycles. The molecule has 0 aromatic heterocycles. The summed E-state index contributed by atoms with van der Waals surface area (Å²) in [7, 11) is 1.65. The van der Waals surface area contributed by atoms with Crippen LogP contribution in [-0.4, -0.2) is 25.3 Å². The number of nitriles is 1. The SMILES string of the molecule is COc1ccc(COCCCCN(N)C#N)cc1. The maximum atomic E-state index is 8.44. The second kappa shape index (κ2) is 8.34. The van der Waals surface area contributed by atoms with Gasteiger partial charge in [-0.3, -0.25) is 0 Å². The number of benzene rings is 1. The minimum Gasteiger partial charge on any atom is -0.497 e. The third kappa shape index (κ3) is 5.53. The van der Waals surface area contributed by atoms with Gasteiger partial charge in [-0.15, -0.1) is 0 Å². The van der Waals surface area contributed by atoms with Crippen LogP contribution in [0, 0.1) is 11.5 Å². The number of ether oxygens (including phenoxy) is 2. The van der Waals surface area contributed by atoms with E-state index in [4.69, 9.17) is 20.6 Å². The van der Waals surface area contributed by atoms with E-state index in [0.717, 1.165) is 29.2 Å². The van der Waals surface area contributed by atoms with Crippen molar-refractivity contribution in [2.75, 3.05) is 20.3 Å². The van der Waals surface area contributed by atoms with Crippen LogP contribution in [0.3, 0.4) is 0 Å². The Balaban J connectivity index is 2.09. The third-order valence-corrected chi connectivity index (χ3v) is 2.49. The Bertz CT molecular complexity index is 373. The van der Waals surface area contributed by atoms with Crippen LogP contribution < -0.4 is 10.6 Å². The molecule has 0 fully saturated rings. The zero-order valence-electron chi connectivity index (χ0n) is 10.6. The van der Waals surface area contributed by atoms with Crippen molar-refractivity contribution in [3.05, 3.63) is 29.8 Å². The van der Waals surface area contributed by atoms with Crippen LogP contribution in [0.2, 0.25) is 0 Å². The average Bonchev–Trinajstić information content (AvgIpc) is 2.43. The molecule has 0 radical (unpaired) electrons. The summed E-state index contributed by atoms with van der Waals surface area (Å²) in [5.74, 6) is 6.17. The van der Waals surface area contributed by atoms with Crippen molar-refractivity contribution in [3.63, 3.8) is 0 Å². The molecule has 1 aromatic carbocycles. The number of methoxy groups -OCH3 is 1. The predicted molar refractivity (Wildman–Crippen MR) is 68.4 cm³/mol. The van der Waals surface area contributed by atoms with Crippen molar-refractivity contribution in [1.82, 2.24) is 5.01 Å². The van der Waals surface area contributed by atoms with E-state index in [9.17, 15) is 0 Å². The van der Waals surface area contributed by atoms with Gasteiger partial charge in [0.2, 0.25) is 0 Å². The van der Waals surface area contributed by atoms with Crippen LogP contribution in [-0.2, 0) is 11.3 Å². The van der Waals surface area contributed by atoms with Gasteiger partial charge in [0, 0.05) is 13.2 Å². The van der Waals surface area contributed by atoms with Crippen molar-refractivity contribution in [2.45, 2.75) is 19.4 Å². The van der Waals surface area contributed by atoms with Crippen molar-refractivity contribution in [2.24, 2.45) is 5.84 Å². The van der Waals surface area contributed by atoms with Gasteiger partial charge in [-0.25, -0.2) is 10.9 Å². The molecule has 2 N–H and O–H groups in total. The Labute approximate surface area is 108 Å². The fraction of sp³-hybridized carbons (Fsp3) is 0.462. The number of nitrogens with two attached hydrogens (primary N) is 1. The Morgan fingerprint density at radius 1 is 1.28 bits per heavy atom. The van der Waals surface area contributed by atoms with Crippen molar-refractivity contribution < 1.29 is 9.47 Å². The molecular weight excluding hydrogens is 230 g/mol. The Morgan fingerprint density at radius 2 is 2.00 bits per heavy atom. The van der Waals surface area contributed by atoms with Gasteiger partial charge in [-0.2, -0.15) is 5.26 Å². The van der Waals surface area contributed by atoms with E-state index in [2.05, 4.69) is 0 Å². The zero-order chi connectivity index (χ0) is 13.2. The van der Waals surface area contributed by atoms with E-state index < -0.39 is 0 Å². The molecule has 0 saturated heterocycles. The molecule has 18 heavy (non-hydrogen) atoms. The number of hydrogen-bond donors (Lipinski definition) is 1. The van der Waals surface area contributed by atoms with Crippen LogP contribution in [0.25, 0.3) is 0 Å². The summed E-state index contributed by atoms with van der Waals surface area (Å²) in [4.78, 5) is 0. The zero-order valence-corrected chi connectivity index (χ0v) is 10.6. The summed E-state index contributed by atoms with van der Waals surface area (Å²) in [6.07, 6.45) is 3.60. The smallest absolute Gasteiger partial charge is 0.194 e. The molecule has 0 aliphatic rings. The summed E-state index contributed by atoms with van der Waals surface area (Å²) in [6.45, 7) is 1.84. The van der Waals surface area contributed by atoms with Gasteiger partial charge in [0.15, 0.2) is 6.19 Å². The molecule has 0 heterocycles. The van der Waals surface area contributed by atoms with Gasteiger partial charge in [0.25, 0.3) is 0 Å². The second-order valence-corrected chi connectivity index (χ2v) is 3.90. The van der Waals surface area contributed by atoms with E-state index in [-0.39, 0.29) is 0 Å². The maximum Gasteiger partial charge on any atom is 0.194 e. The molecule has 0 bridgehead atoms. The molecule has 0 atom stereocenters. The molecule has 0 amide bonds. The first-order valence-electron chi connectivity index (χ1n) is 5.89. The van der Waals surface area contributed by atoms with E-state index in [1.54, 1.807) is 7.11 Å². The molecule has 5 heteroatoms. The van der Waals surface area contributed by atoms with Gasteiger partial charge >= 0.3 is 0 Å². The van der Waals surface area contributed by atoms with E-state index in [0.29, 0.717) is 19.8 Å². The van der Waals surface area contributed by atoms with Gasteiger partial charge < -0.3 is 9.47 Å². The number of rotatable bonds is 8. The first kappa shape index (κ1) is 14.3. The minimum absolute atomic E-state index is 0.572. The molecule has 0 unspecified atom stereocenters. The topological polar surface area (TPSA) is 71.5 Å². The van der Waals surface area contributed by atoms with E-state index >= 15 is 0 Å². The minimum atomic E-state index is 0.572. The molecule has 98 valence electrons. The third-order valence-electron chi connectivity index (χ3n) is 2.49. The van der Waals surface area contributed by atoms with Crippen LogP contribution in [0.1, 0.15) is 18.4 Å². The maximum absolute atomic E-state index is 8.44. The van der Waals surface area contributed by atoms with Gasteiger partial charge in [-0.05, 0) is 30.5 Å². The van der Waals surface area contributed by atoms with Crippen molar-refractivity contribution in [1.29, 1.82) is 5.26 Å². The monoisotopic (exact) mass is 249 g/mol. The number of hydrazine groups is 1. The highest BCUT2D eigenvalue weighted by Gasteiger charge is 1.97. The first-order chi connectivity index (χ1) is 8.76. The van der Waals surface area contributed by atoms with Crippen molar-refractivity contribution >= 4 is 0 Å². The summed E-state index contributed by atoms with van der Waals surface area (Å²) < 4.78 is 10.6. The molecule has 0 spiro atoms. The van der Waals surface area contributed by atoms with E-state index in [1.807, 2.05) is 30.5 Å². The molecule has 0 aliphatic heterocycles. The Morgan fingerprint density at radius 3 is 2.61 bits per heavy atom. The van der Waals surface area contributed by atoms with Crippen LogP contribution in [0.4, 0.5) is 0 Å². The normalized spacial score (nSPS) is 9.83. The van der Waals surface area contributed by atoms with Gasteiger partial charge in [0.1, 0.15) is 5.75 Å². The highest BCUT2D eigenvalue weighted by Crippen LogP contribution is 2.11. The van der Waals surface area contributed by atoms with Crippen LogP contribution in [0.15, 0.2) is 24.3 Å². The highest BCUT2D eigenvalue weighted by atomic mass is 16.5. The average molecular weight is 249 g/mol. The molecule has 0 saturated carbocycles. The van der Waals surface area contributed by atoms with Crippen LogP contribution in [0.5, 0.6) is 5.75 Å². The second-order valence-electron chi connectivity index (χ2n) is 3.90. The van der Waals surface area contributed by atoms with Gasteiger partial charge in [-0.1, -0.05) is 12.1 Å². The lowest BCUT2D eigenvalue weighted by molar-refractivity contribution is 0.115. The van der Waals surface area contributed by atoms with Crippen LogP contribution >= 0.6 is 0 Å². The number of nitrogens with zero attached hydrogens (tertiary/aromatic N) is 2. The fourth-order valence-electron chi connectivity index (χ4n) is 1.45. The van der Waals surface area contributed by atoms with Gasteiger partial charge in [0.05, 0.1) is 13.7 Å². The molecule has 1 aromatic rings.